The van der Waals surface area contributed by atoms with E-state index < -0.39 is 0 Å². The largest absolute Gasteiger partial charge is 0.296 e. The number of aryl methyl sites for hydroxylation is 1. The summed E-state index contributed by atoms with van der Waals surface area (Å²) in [7, 11) is 0. The van der Waals surface area contributed by atoms with Gasteiger partial charge in [0.25, 0.3) is 0 Å². The van der Waals surface area contributed by atoms with Crippen molar-refractivity contribution in [2.24, 2.45) is 5.92 Å². The van der Waals surface area contributed by atoms with E-state index >= 15 is 0 Å². The molecule has 4 rings (SSSR count). The standard InChI is InChI=1S/C18H17N3O/c1-12-3-2-4-14(7-12)17-10-21-15(11-22)9-19-18(21)16(20-17)8-13-5-6-13/h2-4,7,9-11,13H,5-6,8H2,1H3. The van der Waals surface area contributed by atoms with Gasteiger partial charge in [-0.15, -0.1) is 0 Å². The number of nitrogens with zero attached hydrogens (tertiary/aromatic N) is 3. The lowest BCUT2D eigenvalue weighted by Crippen LogP contribution is -2.02. The van der Waals surface area contributed by atoms with Crippen LogP contribution in [0.15, 0.2) is 36.7 Å². The number of benzene rings is 1. The van der Waals surface area contributed by atoms with Crippen LogP contribution < -0.4 is 0 Å². The maximum absolute atomic E-state index is 11.2. The monoisotopic (exact) mass is 291 g/mol. The van der Waals surface area contributed by atoms with Crippen molar-refractivity contribution in [1.82, 2.24) is 14.4 Å². The first-order chi connectivity index (χ1) is 10.7. The number of carbonyl (C=O) groups excluding carboxylic acids is 1. The van der Waals surface area contributed by atoms with Gasteiger partial charge in [-0.05, 0) is 38.2 Å². The van der Waals surface area contributed by atoms with E-state index in [1.54, 1.807) is 6.20 Å². The molecule has 0 unspecified atom stereocenters. The molecule has 4 heteroatoms. The quantitative estimate of drug-likeness (QED) is 0.691. The third-order valence-corrected chi connectivity index (χ3v) is 4.20. The second-order valence-electron chi connectivity index (χ2n) is 6.08. The van der Waals surface area contributed by atoms with Gasteiger partial charge in [-0.25, -0.2) is 9.97 Å². The molecule has 1 saturated carbocycles. The number of carbonyl (C=O) groups is 1. The molecule has 0 saturated heterocycles. The Morgan fingerprint density at radius 3 is 2.95 bits per heavy atom. The van der Waals surface area contributed by atoms with E-state index in [-0.39, 0.29) is 0 Å². The summed E-state index contributed by atoms with van der Waals surface area (Å²) in [5.74, 6) is 0.723. The molecule has 1 aliphatic carbocycles. The van der Waals surface area contributed by atoms with Crippen LogP contribution in [-0.4, -0.2) is 20.7 Å². The molecule has 2 heterocycles. The van der Waals surface area contributed by atoms with Crippen molar-refractivity contribution in [3.05, 3.63) is 53.6 Å². The predicted octanol–water partition coefficient (Wildman–Crippen LogP) is 3.47. The van der Waals surface area contributed by atoms with E-state index in [0.29, 0.717) is 5.69 Å². The van der Waals surface area contributed by atoms with Crippen LogP contribution in [0.5, 0.6) is 0 Å². The molecule has 1 aromatic carbocycles. The van der Waals surface area contributed by atoms with Crippen molar-refractivity contribution >= 4 is 11.9 Å². The molecule has 0 aliphatic heterocycles. The Hall–Kier alpha value is -2.49. The van der Waals surface area contributed by atoms with Crippen molar-refractivity contribution in [3.8, 4) is 11.3 Å². The average Bonchev–Trinajstić information content (AvgIpc) is 3.24. The molecule has 3 aromatic rings. The van der Waals surface area contributed by atoms with Gasteiger partial charge in [-0.1, -0.05) is 23.8 Å². The van der Waals surface area contributed by atoms with Gasteiger partial charge < -0.3 is 0 Å². The molecular formula is C18H17N3O. The van der Waals surface area contributed by atoms with E-state index in [1.807, 2.05) is 16.7 Å². The first kappa shape index (κ1) is 13.2. The van der Waals surface area contributed by atoms with Crippen molar-refractivity contribution < 1.29 is 4.79 Å². The van der Waals surface area contributed by atoms with Crippen LogP contribution in [0.25, 0.3) is 16.9 Å². The molecule has 4 nitrogen and oxygen atoms in total. The SMILES string of the molecule is Cc1cccc(-c2cn3c(C=O)cnc3c(CC3CC3)n2)c1. The zero-order valence-corrected chi connectivity index (χ0v) is 12.5. The third-order valence-electron chi connectivity index (χ3n) is 4.20. The Kier molecular flexibility index (Phi) is 3.03. The van der Waals surface area contributed by atoms with Crippen LogP contribution in [-0.2, 0) is 6.42 Å². The van der Waals surface area contributed by atoms with Crippen molar-refractivity contribution in [3.63, 3.8) is 0 Å². The number of imidazole rings is 1. The lowest BCUT2D eigenvalue weighted by molar-refractivity contribution is 0.111. The fraction of sp³-hybridized carbons (Fsp3) is 0.278. The van der Waals surface area contributed by atoms with Gasteiger partial charge in [-0.3, -0.25) is 9.20 Å². The van der Waals surface area contributed by atoms with E-state index in [1.165, 1.54) is 18.4 Å². The minimum absolute atomic E-state index is 0.573. The molecule has 110 valence electrons. The van der Waals surface area contributed by atoms with Crippen LogP contribution in [0, 0.1) is 12.8 Å². The number of hydrogen-bond donors (Lipinski definition) is 0. The molecule has 22 heavy (non-hydrogen) atoms. The fourth-order valence-electron chi connectivity index (χ4n) is 2.83. The van der Waals surface area contributed by atoms with Crippen molar-refractivity contribution in [2.45, 2.75) is 26.2 Å². The predicted molar refractivity (Wildman–Crippen MR) is 85.0 cm³/mol. The van der Waals surface area contributed by atoms with Gasteiger partial charge in [0.05, 0.1) is 17.6 Å². The summed E-state index contributed by atoms with van der Waals surface area (Å²) in [5.41, 5.74) is 5.55. The Morgan fingerprint density at radius 1 is 1.36 bits per heavy atom. The summed E-state index contributed by atoms with van der Waals surface area (Å²) in [4.78, 5) is 20.5. The molecule has 1 fully saturated rings. The van der Waals surface area contributed by atoms with E-state index in [2.05, 4.69) is 30.1 Å². The van der Waals surface area contributed by atoms with Crippen LogP contribution in [0.4, 0.5) is 0 Å². The molecule has 1 aliphatic rings. The maximum Gasteiger partial charge on any atom is 0.168 e. The van der Waals surface area contributed by atoms with Gasteiger partial charge in [0.15, 0.2) is 11.9 Å². The highest BCUT2D eigenvalue weighted by Gasteiger charge is 2.24. The second kappa shape index (κ2) is 5.05. The van der Waals surface area contributed by atoms with E-state index in [0.717, 1.165) is 41.2 Å². The highest BCUT2D eigenvalue weighted by atomic mass is 16.1. The molecular weight excluding hydrogens is 274 g/mol. The summed E-state index contributed by atoms with van der Waals surface area (Å²) in [5, 5.41) is 0. The molecule has 0 amide bonds. The number of rotatable bonds is 4. The Balaban J connectivity index is 1.92. The van der Waals surface area contributed by atoms with Crippen LogP contribution in [0.3, 0.4) is 0 Å². The molecule has 0 spiro atoms. The number of aromatic nitrogens is 3. The lowest BCUT2D eigenvalue weighted by atomic mass is 10.1. The highest BCUT2D eigenvalue weighted by molar-refractivity contribution is 5.75. The van der Waals surface area contributed by atoms with Crippen LogP contribution >= 0.6 is 0 Å². The summed E-state index contributed by atoms with van der Waals surface area (Å²) in [6, 6.07) is 8.28. The van der Waals surface area contributed by atoms with Gasteiger partial charge in [0.1, 0.15) is 5.69 Å². The summed E-state index contributed by atoms with van der Waals surface area (Å²) in [6.07, 6.45) is 7.87. The maximum atomic E-state index is 11.2. The Labute approximate surface area is 128 Å². The molecule has 0 atom stereocenters. The zero-order valence-electron chi connectivity index (χ0n) is 12.5. The molecule has 0 N–H and O–H groups in total. The molecule has 0 bridgehead atoms. The average molecular weight is 291 g/mol. The van der Waals surface area contributed by atoms with Crippen LogP contribution in [0.1, 0.15) is 34.6 Å². The van der Waals surface area contributed by atoms with Gasteiger partial charge in [0, 0.05) is 11.8 Å². The Bertz CT molecular complexity index is 862. The van der Waals surface area contributed by atoms with Gasteiger partial charge in [0.2, 0.25) is 0 Å². The number of hydrogen-bond acceptors (Lipinski definition) is 3. The minimum Gasteiger partial charge on any atom is -0.296 e. The normalized spacial score (nSPS) is 14.4. The summed E-state index contributed by atoms with van der Waals surface area (Å²) < 4.78 is 1.87. The first-order valence-electron chi connectivity index (χ1n) is 7.64. The van der Waals surface area contributed by atoms with E-state index in [9.17, 15) is 4.79 Å². The van der Waals surface area contributed by atoms with Gasteiger partial charge in [-0.2, -0.15) is 0 Å². The zero-order chi connectivity index (χ0) is 15.1. The van der Waals surface area contributed by atoms with Crippen molar-refractivity contribution in [1.29, 1.82) is 0 Å². The summed E-state index contributed by atoms with van der Waals surface area (Å²) >= 11 is 0. The minimum atomic E-state index is 0.573. The topological polar surface area (TPSA) is 47.3 Å². The molecule has 2 aromatic heterocycles. The first-order valence-corrected chi connectivity index (χ1v) is 7.64. The smallest absolute Gasteiger partial charge is 0.168 e. The fourth-order valence-corrected chi connectivity index (χ4v) is 2.83. The number of fused-ring (bicyclic) bond motifs is 1. The van der Waals surface area contributed by atoms with Crippen LogP contribution in [0.2, 0.25) is 0 Å². The Morgan fingerprint density at radius 2 is 2.23 bits per heavy atom. The summed E-state index contributed by atoms with van der Waals surface area (Å²) in [6.45, 7) is 2.07. The van der Waals surface area contributed by atoms with Crippen molar-refractivity contribution in [2.75, 3.05) is 0 Å². The molecule has 0 radical (unpaired) electrons. The second-order valence-corrected chi connectivity index (χ2v) is 6.08. The highest BCUT2D eigenvalue weighted by Crippen LogP contribution is 2.33. The van der Waals surface area contributed by atoms with E-state index in [4.69, 9.17) is 4.98 Å². The third kappa shape index (κ3) is 2.30. The lowest BCUT2D eigenvalue weighted by Gasteiger charge is -2.08. The van der Waals surface area contributed by atoms with Gasteiger partial charge >= 0.3 is 0 Å². The number of aldehydes is 1.